The number of anilines is 3. The van der Waals surface area contributed by atoms with Crippen molar-refractivity contribution in [2.45, 2.75) is 6.92 Å². The number of likely N-dealkylation sites (N-methyl/N-ethyl adjacent to an activating group) is 1. The van der Waals surface area contributed by atoms with E-state index in [9.17, 15) is 14.4 Å². The lowest BCUT2D eigenvalue weighted by Gasteiger charge is -2.27. The van der Waals surface area contributed by atoms with Crippen LogP contribution in [0, 0.1) is 6.92 Å². The van der Waals surface area contributed by atoms with Crippen LogP contribution < -0.4 is 20.9 Å². The van der Waals surface area contributed by atoms with Crippen LogP contribution in [0.4, 0.5) is 17.1 Å². The van der Waals surface area contributed by atoms with Gasteiger partial charge in [-0.1, -0.05) is 0 Å². The Bertz CT molecular complexity index is 908. The highest BCUT2D eigenvalue weighted by Gasteiger charge is 2.20. The van der Waals surface area contributed by atoms with Crippen LogP contribution in [-0.2, 0) is 4.79 Å². The molecule has 2 aromatic rings. The standard InChI is InChI=1S/C19H20N4O3/c1-11-8-12(18(25)20-2)4-6-14(11)22-19(26)13-5-7-16-15(9-13)21-17(24)10-23(16)3/h4-9H,10H2,1-3H3,(H,20,25)(H,21,24)(H,22,26). The van der Waals surface area contributed by atoms with E-state index in [1.165, 1.54) is 0 Å². The summed E-state index contributed by atoms with van der Waals surface area (Å²) in [6, 6.07) is 10.3. The van der Waals surface area contributed by atoms with Crippen molar-refractivity contribution in [3.05, 3.63) is 53.1 Å². The highest BCUT2D eigenvalue weighted by molar-refractivity contribution is 6.08. The van der Waals surface area contributed by atoms with Crippen LogP contribution in [0.25, 0.3) is 0 Å². The van der Waals surface area contributed by atoms with E-state index < -0.39 is 0 Å². The van der Waals surface area contributed by atoms with E-state index in [2.05, 4.69) is 16.0 Å². The second-order valence-electron chi connectivity index (χ2n) is 6.20. The molecule has 3 amide bonds. The van der Waals surface area contributed by atoms with Crippen molar-refractivity contribution in [2.24, 2.45) is 0 Å². The smallest absolute Gasteiger partial charge is 0.255 e. The second-order valence-corrected chi connectivity index (χ2v) is 6.20. The number of hydrogen-bond acceptors (Lipinski definition) is 4. The summed E-state index contributed by atoms with van der Waals surface area (Å²) in [4.78, 5) is 37.8. The van der Waals surface area contributed by atoms with E-state index in [0.717, 1.165) is 11.3 Å². The van der Waals surface area contributed by atoms with Crippen molar-refractivity contribution in [1.82, 2.24) is 5.32 Å². The van der Waals surface area contributed by atoms with Gasteiger partial charge in [-0.05, 0) is 48.9 Å². The topological polar surface area (TPSA) is 90.5 Å². The summed E-state index contributed by atoms with van der Waals surface area (Å²) in [5, 5.41) is 8.19. The van der Waals surface area contributed by atoms with E-state index in [-0.39, 0.29) is 24.3 Å². The number of benzene rings is 2. The minimum Gasteiger partial charge on any atom is -0.364 e. The first-order valence-corrected chi connectivity index (χ1v) is 8.18. The van der Waals surface area contributed by atoms with Crippen LogP contribution in [-0.4, -0.2) is 38.4 Å². The van der Waals surface area contributed by atoms with Crippen molar-refractivity contribution >= 4 is 34.8 Å². The Kier molecular flexibility index (Phi) is 4.62. The fraction of sp³-hybridized carbons (Fsp3) is 0.211. The highest BCUT2D eigenvalue weighted by Crippen LogP contribution is 2.29. The molecule has 0 aliphatic carbocycles. The molecule has 134 valence electrons. The molecule has 1 aliphatic heterocycles. The molecule has 0 fully saturated rings. The molecule has 0 atom stereocenters. The maximum atomic E-state index is 12.6. The molecule has 7 heteroatoms. The number of carbonyl (C=O) groups excluding carboxylic acids is 3. The molecular formula is C19H20N4O3. The predicted octanol–water partition coefficient (Wildman–Crippen LogP) is 2.00. The summed E-state index contributed by atoms with van der Waals surface area (Å²) in [5.74, 6) is -0.579. The lowest BCUT2D eigenvalue weighted by molar-refractivity contribution is -0.115. The molecule has 0 radical (unpaired) electrons. The van der Waals surface area contributed by atoms with E-state index in [1.54, 1.807) is 37.4 Å². The van der Waals surface area contributed by atoms with Crippen molar-refractivity contribution in [2.75, 3.05) is 36.2 Å². The van der Waals surface area contributed by atoms with Crippen molar-refractivity contribution < 1.29 is 14.4 Å². The minimum atomic E-state index is -0.286. The summed E-state index contributed by atoms with van der Waals surface area (Å²) in [6.07, 6.45) is 0. The lowest BCUT2D eigenvalue weighted by Crippen LogP contribution is -2.35. The van der Waals surface area contributed by atoms with Crippen LogP contribution in [0.2, 0.25) is 0 Å². The first kappa shape index (κ1) is 17.5. The number of aryl methyl sites for hydroxylation is 1. The SMILES string of the molecule is CNC(=O)c1ccc(NC(=O)c2ccc3c(c2)NC(=O)CN3C)c(C)c1. The zero-order valence-electron chi connectivity index (χ0n) is 14.8. The van der Waals surface area contributed by atoms with Gasteiger partial charge in [-0.3, -0.25) is 14.4 Å². The number of nitrogens with one attached hydrogen (secondary N) is 3. The lowest BCUT2D eigenvalue weighted by atomic mass is 10.1. The largest absolute Gasteiger partial charge is 0.364 e. The molecule has 3 rings (SSSR count). The molecule has 3 N–H and O–H groups in total. The highest BCUT2D eigenvalue weighted by atomic mass is 16.2. The van der Waals surface area contributed by atoms with E-state index >= 15 is 0 Å². The number of fused-ring (bicyclic) bond motifs is 1. The number of amides is 3. The van der Waals surface area contributed by atoms with E-state index in [1.807, 2.05) is 24.9 Å². The van der Waals surface area contributed by atoms with E-state index in [4.69, 9.17) is 0 Å². The molecule has 0 saturated carbocycles. The summed E-state index contributed by atoms with van der Waals surface area (Å²) in [6.45, 7) is 2.11. The Morgan fingerprint density at radius 2 is 1.77 bits per heavy atom. The van der Waals surface area contributed by atoms with Crippen LogP contribution >= 0.6 is 0 Å². The molecule has 1 heterocycles. The Morgan fingerprint density at radius 3 is 2.46 bits per heavy atom. The maximum absolute atomic E-state index is 12.6. The number of rotatable bonds is 3. The van der Waals surface area contributed by atoms with Crippen LogP contribution in [0.1, 0.15) is 26.3 Å². The zero-order valence-corrected chi connectivity index (χ0v) is 14.8. The minimum absolute atomic E-state index is 0.113. The van der Waals surface area contributed by atoms with Gasteiger partial charge in [0.1, 0.15) is 0 Å². The van der Waals surface area contributed by atoms with Crippen molar-refractivity contribution in [3.8, 4) is 0 Å². The fourth-order valence-corrected chi connectivity index (χ4v) is 2.88. The van der Waals surface area contributed by atoms with Crippen LogP contribution in [0.15, 0.2) is 36.4 Å². The Balaban J connectivity index is 1.82. The summed E-state index contributed by atoms with van der Waals surface area (Å²) >= 11 is 0. The first-order valence-electron chi connectivity index (χ1n) is 8.18. The van der Waals surface area contributed by atoms with Crippen molar-refractivity contribution in [1.29, 1.82) is 0 Å². The van der Waals surface area contributed by atoms with Gasteiger partial charge < -0.3 is 20.9 Å². The predicted molar refractivity (Wildman–Crippen MR) is 101 cm³/mol. The number of hydrogen-bond donors (Lipinski definition) is 3. The average Bonchev–Trinajstić information content (AvgIpc) is 2.61. The van der Waals surface area contributed by atoms with Gasteiger partial charge in [-0.15, -0.1) is 0 Å². The third-order valence-electron chi connectivity index (χ3n) is 4.29. The Morgan fingerprint density at radius 1 is 1.08 bits per heavy atom. The van der Waals surface area contributed by atoms with Crippen LogP contribution in [0.5, 0.6) is 0 Å². The van der Waals surface area contributed by atoms with Gasteiger partial charge in [0.25, 0.3) is 11.8 Å². The average molecular weight is 352 g/mol. The maximum Gasteiger partial charge on any atom is 0.255 e. The summed E-state index contributed by atoms with van der Waals surface area (Å²) in [7, 11) is 3.40. The van der Waals surface area contributed by atoms with Gasteiger partial charge >= 0.3 is 0 Å². The van der Waals surface area contributed by atoms with Crippen molar-refractivity contribution in [3.63, 3.8) is 0 Å². The first-order chi connectivity index (χ1) is 12.4. The molecule has 0 saturated heterocycles. The quantitative estimate of drug-likeness (QED) is 0.788. The number of carbonyl (C=O) groups is 3. The molecule has 0 spiro atoms. The monoisotopic (exact) mass is 352 g/mol. The third kappa shape index (κ3) is 3.37. The van der Waals surface area contributed by atoms with Gasteiger partial charge in [-0.2, -0.15) is 0 Å². The van der Waals surface area contributed by atoms with E-state index in [0.29, 0.717) is 22.5 Å². The number of nitrogens with zero attached hydrogens (tertiary/aromatic N) is 1. The van der Waals surface area contributed by atoms with Gasteiger partial charge in [-0.25, -0.2) is 0 Å². The molecule has 26 heavy (non-hydrogen) atoms. The molecule has 0 aromatic heterocycles. The molecule has 1 aliphatic rings. The third-order valence-corrected chi connectivity index (χ3v) is 4.29. The molecule has 0 unspecified atom stereocenters. The molecule has 0 bridgehead atoms. The Labute approximate surface area is 151 Å². The molecule has 7 nitrogen and oxygen atoms in total. The molecule has 2 aromatic carbocycles. The fourth-order valence-electron chi connectivity index (χ4n) is 2.88. The normalized spacial score (nSPS) is 12.9. The van der Waals surface area contributed by atoms with Crippen LogP contribution in [0.3, 0.4) is 0 Å². The van der Waals surface area contributed by atoms with Gasteiger partial charge in [0.05, 0.1) is 17.9 Å². The zero-order chi connectivity index (χ0) is 18.8. The van der Waals surface area contributed by atoms with Gasteiger partial charge in [0.15, 0.2) is 0 Å². The Hall–Kier alpha value is -3.35. The molecular weight excluding hydrogens is 332 g/mol. The van der Waals surface area contributed by atoms with Gasteiger partial charge in [0, 0.05) is 30.9 Å². The summed E-state index contributed by atoms with van der Waals surface area (Å²) < 4.78 is 0. The van der Waals surface area contributed by atoms with Gasteiger partial charge in [0.2, 0.25) is 5.91 Å². The second kappa shape index (κ2) is 6.87. The summed E-state index contributed by atoms with van der Waals surface area (Å²) in [5.41, 5.74) is 3.86.